The second-order valence-electron chi connectivity index (χ2n) is 5.20. The lowest BCUT2D eigenvalue weighted by molar-refractivity contribution is 0.0952. The van der Waals surface area contributed by atoms with E-state index in [9.17, 15) is 4.79 Å². The monoisotopic (exact) mass is 295 g/mol. The highest BCUT2D eigenvalue weighted by atomic mass is 32.1. The number of aromatic nitrogens is 2. The zero-order valence-electron chi connectivity index (χ0n) is 11.2. The van der Waals surface area contributed by atoms with Crippen LogP contribution in [0.25, 0.3) is 21.5 Å². The first kappa shape index (κ1) is 12.5. The van der Waals surface area contributed by atoms with E-state index < -0.39 is 0 Å². The van der Waals surface area contributed by atoms with Gasteiger partial charge in [0.25, 0.3) is 5.91 Å². The van der Waals surface area contributed by atoms with Crippen molar-refractivity contribution in [3.05, 3.63) is 48.2 Å². The van der Waals surface area contributed by atoms with Crippen LogP contribution in [0.4, 0.5) is 0 Å². The van der Waals surface area contributed by atoms with Crippen molar-refractivity contribution in [3.63, 3.8) is 0 Å². The van der Waals surface area contributed by atoms with Crippen LogP contribution in [0.2, 0.25) is 0 Å². The van der Waals surface area contributed by atoms with Crippen LogP contribution in [0.3, 0.4) is 0 Å². The number of benzene rings is 1. The molecule has 4 rings (SSSR count). The molecular formula is C16H13N3OS. The first-order chi connectivity index (χ1) is 10.3. The number of fused-ring (bicyclic) bond motifs is 1. The average molecular weight is 295 g/mol. The van der Waals surface area contributed by atoms with Crippen LogP contribution in [0.15, 0.2) is 42.6 Å². The van der Waals surface area contributed by atoms with Gasteiger partial charge in [-0.15, -0.1) is 0 Å². The molecule has 1 N–H and O–H groups in total. The van der Waals surface area contributed by atoms with E-state index in [1.54, 1.807) is 6.20 Å². The smallest absolute Gasteiger partial charge is 0.252 e. The molecule has 0 spiro atoms. The Morgan fingerprint density at radius 2 is 2.10 bits per heavy atom. The summed E-state index contributed by atoms with van der Waals surface area (Å²) in [6, 6.07) is 11.9. The summed E-state index contributed by atoms with van der Waals surface area (Å²) in [5.41, 5.74) is 2.33. The number of hydrogen-bond acceptors (Lipinski definition) is 4. The number of carbonyl (C=O) groups is 1. The van der Waals surface area contributed by atoms with E-state index in [-0.39, 0.29) is 5.91 Å². The standard InChI is InChI=1S/C16H13N3OS/c20-16(18-10-5-6-10)12-9-14(15-7-8-17-21-15)19-13-4-2-1-3-11(12)13/h1-4,7-10H,5-6H2,(H,18,20). The largest absolute Gasteiger partial charge is 0.349 e. The third-order valence-corrected chi connectivity index (χ3v) is 4.33. The summed E-state index contributed by atoms with van der Waals surface area (Å²) in [5, 5.41) is 3.95. The third kappa shape index (κ3) is 2.40. The van der Waals surface area contributed by atoms with Crippen LogP contribution in [-0.2, 0) is 0 Å². The van der Waals surface area contributed by atoms with E-state index in [1.165, 1.54) is 11.5 Å². The van der Waals surface area contributed by atoms with Gasteiger partial charge in [-0.1, -0.05) is 18.2 Å². The van der Waals surface area contributed by atoms with E-state index in [0.717, 1.165) is 34.3 Å². The quantitative estimate of drug-likeness (QED) is 0.807. The van der Waals surface area contributed by atoms with Gasteiger partial charge in [-0.25, -0.2) is 9.36 Å². The summed E-state index contributed by atoms with van der Waals surface area (Å²) in [6.45, 7) is 0. The minimum atomic E-state index is -0.0122. The predicted molar refractivity (Wildman–Crippen MR) is 83.3 cm³/mol. The number of carbonyl (C=O) groups excluding carboxylic acids is 1. The van der Waals surface area contributed by atoms with Gasteiger partial charge < -0.3 is 5.32 Å². The molecule has 0 atom stereocenters. The Morgan fingerprint density at radius 1 is 1.24 bits per heavy atom. The maximum Gasteiger partial charge on any atom is 0.252 e. The van der Waals surface area contributed by atoms with Crippen LogP contribution in [0.1, 0.15) is 23.2 Å². The molecule has 4 nitrogen and oxygen atoms in total. The lowest BCUT2D eigenvalue weighted by atomic mass is 10.1. The Kier molecular flexibility index (Phi) is 2.93. The van der Waals surface area contributed by atoms with Gasteiger partial charge in [-0.2, -0.15) is 0 Å². The highest BCUT2D eigenvalue weighted by molar-refractivity contribution is 7.09. The number of amides is 1. The minimum Gasteiger partial charge on any atom is -0.349 e. The van der Waals surface area contributed by atoms with Crippen molar-refractivity contribution in [2.75, 3.05) is 0 Å². The molecule has 1 aromatic carbocycles. The Balaban J connectivity index is 1.87. The molecule has 0 saturated heterocycles. The Bertz CT molecular complexity index is 810. The molecule has 0 radical (unpaired) electrons. The van der Waals surface area contributed by atoms with Crippen molar-refractivity contribution < 1.29 is 4.79 Å². The van der Waals surface area contributed by atoms with Crippen molar-refractivity contribution >= 4 is 28.3 Å². The Hall–Kier alpha value is -2.27. The zero-order valence-corrected chi connectivity index (χ0v) is 12.1. The topological polar surface area (TPSA) is 54.9 Å². The number of para-hydroxylation sites is 1. The lowest BCUT2D eigenvalue weighted by Gasteiger charge is -2.09. The zero-order chi connectivity index (χ0) is 14.2. The van der Waals surface area contributed by atoms with Gasteiger partial charge in [-0.3, -0.25) is 4.79 Å². The normalized spacial score (nSPS) is 14.3. The molecule has 0 aliphatic heterocycles. The second kappa shape index (κ2) is 4.93. The molecule has 2 aromatic heterocycles. The molecule has 104 valence electrons. The third-order valence-electron chi connectivity index (χ3n) is 3.56. The van der Waals surface area contributed by atoms with Crippen molar-refractivity contribution in [2.24, 2.45) is 0 Å². The Labute approximate surface area is 126 Å². The first-order valence-corrected chi connectivity index (χ1v) is 7.70. The predicted octanol–water partition coefficient (Wildman–Crippen LogP) is 3.25. The molecule has 0 bridgehead atoms. The molecule has 1 aliphatic carbocycles. The van der Waals surface area contributed by atoms with Crippen molar-refractivity contribution in [1.82, 2.24) is 14.7 Å². The first-order valence-electron chi connectivity index (χ1n) is 6.93. The highest BCUT2D eigenvalue weighted by Gasteiger charge is 2.25. The summed E-state index contributed by atoms with van der Waals surface area (Å²) in [6.07, 6.45) is 3.91. The molecule has 5 heteroatoms. The molecule has 1 amide bonds. The molecule has 1 fully saturated rings. The molecule has 2 heterocycles. The SMILES string of the molecule is O=C(NC1CC1)c1cc(-c2ccns2)nc2ccccc12. The van der Waals surface area contributed by atoms with Gasteiger partial charge in [0.05, 0.1) is 21.7 Å². The van der Waals surface area contributed by atoms with E-state index in [2.05, 4.69) is 14.7 Å². The van der Waals surface area contributed by atoms with E-state index in [0.29, 0.717) is 11.6 Å². The van der Waals surface area contributed by atoms with Gasteiger partial charge in [0.2, 0.25) is 0 Å². The number of nitrogens with zero attached hydrogens (tertiary/aromatic N) is 2. The summed E-state index contributed by atoms with van der Waals surface area (Å²) in [7, 11) is 0. The number of pyridine rings is 1. The van der Waals surface area contributed by atoms with Gasteiger partial charge in [0.1, 0.15) is 0 Å². The molecule has 1 saturated carbocycles. The fourth-order valence-electron chi connectivity index (χ4n) is 2.33. The van der Waals surface area contributed by atoms with Crippen LogP contribution in [0, 0.1) is 0 Å². The maximum absolute atomic E-state index is 12.5. The van der Waals surface area contributed by atoms with Gasteiger partial charge in [-0.05, 0) is 42.6 Å². The van der Waals surface area contributed by atoms with Gasteiger partial charge in [0, 0.05) is 17.6 Å². The second-order valence-corrected chi connectivity index (χ2v) is 6.03. The van der Waals surface area contributed by atoms with Crippen LogP contribution >= 0.6 is 11.5 Å². The van der Waals surface area contributed by atoms with E-state index >= 15 is 0 Å². The highest BCUT2D eigenvalue weighted by Crippen LogP contribution is 2.27. The summed E-state index contributed by atoms with van der Waals surface area (Å²) in [4.78, 5) is 18.1. The summed E-state index contributed by atoms with van der Waals surface area (Å²) < 4.78 is 4.11. The van der Waals surface area contributed by atoms with Gasteiger partial charge in [0.15, 0.2) is 0 Å². The number of hydrogen-bond donors (Lipinski definition) is 1. The fraction of sp³-hybridized carbons (Fsp3) is 0.188. The summed E-state index contributed by atoms with van der Waals surface area (Å²) >= 11 is 1.39. The Morgan fingerprint density at radius 3 is 2.86 bits per heavy atom. The fourth-order valence-corrected chi connectivity index (χ4v) is 2.88. The molecule has 0 unspecified atom stereocenters. The van der Waals surface area contributed by atoms with E-state index in [4.69, 9.17) is 0 Å². The number of nitrogens with one attached hydrogen (secondary N) is 1. The van der Waals surface area contributed by atoms with Crippen molar-refractivity contribution in [3.8, 4) is 10.6 Å². The number of rotatable bonds is 3. The van der Waals surface area contributed by atoms with Gasteiger partial charge >= 0.3 is 0 Å². The molecule has 1 aliphatic rings. The van der Waals surface area contributed by atoms with E-state index in [1.807, 2.05) is 36.4 Å². The van der Waals surface area contributed by atoms with Crippen LogP contribution < -0.4 is 5.32 Å². The van der Waals surface area contributed by atoms with Crippen molar-refractivity contribution in [1.29, 1.82) is 0 Å². The van der Waals surface area contributed by atoms with Crippen molar-refractivity contribution in [2.45, 2.75) is 18.9 Å². The molecular weight excluding hydrogens is 282 g/mol. The summed E-state index contributed by atoms with van der Waals surface area (Å²) in [5.74, 6) is -0.0122. The minimum absolute atomic E-state index is 0.0122. The van der Waals surface area contributed by atoms with Crippen LogP contribution in [-0.4, -0.2) is 21.3 Å². The lowest BCUT2D eigenvalue weighted by Crippen LogP contribution is -2.25. The molecule has 21 heavy (non-hydrogen) atoms. The molecule has 3 aromatic rings. The van der Waals surface area contributed by atoms with Crippen LogP contribution in [0.5, 0.6) is 0 Å². The maximum atomic E-state index is 12.5. The average Bonchev–Trinajstić information content (AvgIpc) is 3.16.